The van der Waals surface area contributed by atoms with E-state index in [9.17, 15) is 9.59 Å². The maximum absolute atomic E-state index is 15.0. The van der Waals surface area contributed by atoms with E-state index >= 15 is 4.39 Å². The molecule has 2 bridgehead atoms. The summed E-state index contributed by atoms with van der Waals surface area (Å²) in [4.78, 5) is 25.3. The molecule has 0 radical (unpaired) electrons. The van der Waals surface area contributed by atoms with Gasteiger partial charge in [-0.3, -0.25) is 4.79 Å². The van der Waals surface area contributed by atoms with Crippen molar-refractivity contribution in [1.82, 2.24) is 4.57 Å². The van der Waals surface area contributed by atoms with Crippen LogP contribution in [0.25, 0.3) is 10.9 Å². The van der Waals surface area contributed by atoms with Crippen molar-refractivity contribution in [2.45, 2.75) is 66.5 Å². The highest BCUT2D eigenvalue weighted by molar-refractivity contribution is 5.94. The second-order valence-corrected chi connectivity index (χ2v) is 9.40. The second kappa shape index (κ2) is 7.10. The molecule has 0 saturated heterocycles. The molecule has 0 N–H and O–H groups in total. The molecule has 2 aromatic rings. The number of carbonyl (C=O) groups excluding carboxylic acids is 1. The summed E-state index contributed by atoms with van der Waals surface area (Å²) in [5, 5.41) is 0.270. The van der Waals surface area contributed by atoms with Crippen LogP contribution in [-0.2, 0) is 11.3 Å². The first-order valence-corrected chi connectivity index (χ1v) is 10.8. The number of hydrogen-bond donors (Lipinski definition) is 0. The SMILES string of the molecule is CCOC(=O)c1cn(CC)c2cc(F)c(OC3C[C@@H]4CC[C@@]3(C)C4(C)C)cc2c1=O. The Bertz CT molecular complexity index is 1070. The van der Waals surface area contributed by atoms with Crippen LogP contribution in [0.1, 0.15) is 64.2 Å². The number of carbonyl (C=O) groups is 1. The van der Waals surface area contributed by atoms with Gasteiger partial charge < -0.3 is 14.0 Å². The summed E-state index contributed by atoms with van der Waals surface area (Å²) in [5.41, 5.74) is 0.0427. The molecule has 1 unspecified atom stereocenters. The maximum atomic E-state index is 15.0. The minimum Gasteiger partial charge on any atom is -0.487 e. The Labute approximate surface area is 176 Å². The van der Waals surface area contributed by atoms with E-state index in [1.807, 2.05) is 6.92 Å². The lowest BCUT2D eigenvalue weighted by atomic mass is 9.70. The van der Waals surface area contributed by atoms with Gasteiger partial charge in [-0.1, -0.05) is 20.8 Å². The second-order valence-electron chi connectivity index (χ2n) is 9.40. The van der Waals surface area contributed by atoms with Gasteiger partial charge >= 0.3 is 5.97 Å². The largest absolute Gasteiger partial charge is 0.487 e. The predicted octanol–water partition coefficient (Wildman–Crippen LogP) is 4.93. The first kappa shape index (κ1) is 20.9. The number of benzene rings is 1. The number of rotatable bonds is 5. The van der Waals surface area contributed by atoms with Gasteiger partial charge in [-0.05, 0) is 50.5 Å². The van der Waals surface area contributed by atoms with E-state index in [0.29, 0.717) is 18.0 Å². The van der Waals surface area contributed by atoms with Gasteiger partial charge in [0.15, 0.2) is 11.6 Å². The third-order valence-electron chi connectivity index (χ3n) is 7.95. The normalized spacial score (nSPS) is 26.9. The molecule has 5 nitrogen and oxygen atoms in total. The van der Waals surface area contributed by atoms with Crippen molar-refractivity contribution < 1.29 is 18.7 Å². The van der Waals surface area contributed by atoms with Crippen molar-refractivity contribution in [2.75, 3.05) is 6.61 Å². The zero-order chi connectivity index (χ0) is 21.8. The average Bonchev–Trinajstić information content (AvgIpc) is 3.03. The molecular formula is C24H30FNO4. The van der Waals surface area contributed by atoms with Crippen molar-refractivity contribution in [3.8, 4) is 5.75 Å². The Morgan fingerprint density at radius 1 is 1.27 bits per heavy atom. The van der Waals surface area contributed by atoms with Gasteiger partial charge in [-0.15, -0.1) is 0 Å². The first-order chi connectivity index (χ1) is 14.1. The topological polar surface area (TPSA) is 57.5 Å². The molecule has 0 aliphatic heterocycles. The van der Waals surface area contributed by atoms with Gasteiger partial charge in [0.25, 0.3) is 0 Å². The number of ether oxygens (including phenoxy) is 2. The molecular weight excluding hydrogens is 385 g/mol. The van der Waals surface area contributed by atoms with E-state index in [0.717, 1.165) is 12.8 Å². The van der Waals surface area contributed by atoms with E-state index < -0.39 is 17.2 Å². The molecule has 6 heteroatoms. The molecule has 2 fully saturated rings. The lowest BCUT2D eigenvalue weighted by Gasteiger charge is -2.38. The van der Waals surface area contributed by atoms with Crippen LogP contribution in [0.4, 0.5) is 4.39 Å². The summed E-state index contributed by atoms with van der Waals surface area (Å²) in [6.45, 7) is 11.0. The molecule has 2 aliphatic carbocycles. The fourth-order valence-electron chi connectivity index (χ4n) is 5.56. The van der Waals surface area contributed by atoms with Crippen molar-refractivity contribution in [1.29, 1.82) is 0 Å². The Kier molecular flexibility index (Phi) is 4.94. The van der Waals surface area contributed by atoms with Crippen molar-refractivity contribution in [3.05, 3.63) is 39.9 Å². The van der Waals surface area contributed by atoms with Crippen LogP contribution < -0.4 is 10.2 Å². The maximum Gasteiger partial charge on any atom is 0.343 e. The molecule has 0 spiro atoms. The lowest BCUT2D eigenvalue weighted by molar-refractivity contribution is 0.0279. The van der Waals surface area contributed by atoms with E-state index in [-0.39, 0.29) is 40.2 Å². The molecule has 4 rings (SSSR count). The summed E-state index contributed by atoms with van der Waals surface area (Å²) in [5.74, 6) is -0.514. The molecule has 1 aromatic heterocycles. The summed E-state index contributed by atoms with van der Waals surface area (Å²) in [6, 6.07) is 2.80. The number of aryl methyl sites for hydroxylation is 1. The first-order valence-electron chi connectivity index (χ1n) is 10.8. The minimum atomic E-state index is -0.666. The number of pyridine rings is 1. The summed E-state index contributed by atoms with van der Waals surface area (Å²) in [7, 11) is 0. The molecule has 3 atom stereocenters. The van der Waals surface area contributed by atoms with E-state index in [2.05, 4.69) is 20.8 Å². The van der Waals surface area contributed by atoms with Crippen LogP contribution in [0.2, 0.25) is 0 Å². The summed E-state index contributed by atoms with van der Waals surface area (Å²) in [6.07, 6.45) is 4.47. The van der Waals surface area contributed by atoms with E-state index in [1.165, 1.54) is 24.8 Å². The average molecular weight is 416 g/mol. The lowest BCUT2D eigenvalue weighted by Crippen LogP contribution is -2.39. The van der Waals surface area contributed by atoms with Crippen molar-refractivity contribution >= 4 is 16.9 Å². The number of hydrogen-bond acceptors (Lipinski definition) is 4. The summed E-state index contributed by atoms with van der Waals surface area (Å²) < 4.78 is 28.0. The zero-order valence-electron chi connectivity index (χ0n) is 18.4. The van der Waals surface area contributed by atoms with Gasteiger partial charge in [-0.2, -0.15) is 0 Å². The molecule has 2 aliphatic rings. The highest BCUT2D eigenvalue weighted by Gasteiger charge is 2.62. The Balaban J connectivity index is 1.79. The molecule has 2 saturated carbocycles. The van der Waals surface area contributed by atoms with E-state index in [1.54, 1.807) is 11.5 Å². The predicted molar refractivity (Wildman–Crippen MR) is 113 cm³/mol. The van der Waals surface area contributed by atoms with Crippen molar-refractivity contribution in [2.24, 2.45) is 16.7 Å². The Morgan fingerprint density at radius 3 is 2.57 bits per heavy atom. The van der Waals surface area contributed by atoms with Crippen molar-refractivity contribution in [3.63, 3.8) is 0 Å². The molecule has 162 valence electrons. The van der Waals surface area contributed by atoms with Crippen LogP contribution in [0.5, 0.6) is 5.75 Å². The number of halogens is 1. The molecule has 30 heavy (non-hydrogen) atoms. The fraction of sp³-hybridized carbons (Fsp3) is 0.583. The van der Waals surface area contributed by atoms with Gasteiger partial charge in [-0.25, -0.2) is 9.18 Å². The molecule has 1 aromatic carbocycles. The fourth-order valence-corrected chi connectivity index (χ4v) is 5.56. The highest BCUT2D eigenvalue weighted by atomic mass is 19.1. The van der Waals surface area contributed by atoms with Crippen LogP contribution in [0, 0.1) is 22.6 Å². The van der Waals surface area contributed by atoms with Crippen LogP contribution in [-0.4, -0.2) is 23.2 Å². The summed E-state index contributed by atoms with van der Waals surface area (Å²) >= 11 is 0. The van der Waals surface area contributed by atoms with Crippen LogP contribution in [0.3, 0.4) is 0 Å². The van der Waals surface area contributed by atoms with Gasteiger partial charge in [0.2, 0.25) is 5.43 Å². The number of aromatic nitrogens is 1. The smallest absolute Gasteiger partial charge is 0.343 e. The molecule has 0 amide bonds. The third kappa shape index (κ3) is 2.87. The third-order valence-corrected chi connectivity index (χ3v) is 7.95. The Morgan fingerprint density at radius 2 is 2.00 bits per heavy atom. The quantitative estimate of drug-likeness (QED) is 0.650. The van der Waals surface area contributed by atoms with Crippen LogP contribution in [0.15, 0.2) is 23.1 Å². The zero-order valence-corrected chi connectivity index (χ0v) is 18.4. The van der Waals surface area contributed by atoms with Gasteiger partial charge in [0, 0.05) is 24.2 Å². The number of nitrogens with zero attached hydrogens (tertiary/aromatic N) is 1. The minimum absolute atomic E-state index is 0.0323. The number of fused-ring (bicyclic) bond motifs is 3. The van der Waals surface area contributed by atoms with Crippen LogP contribution >= 0.6 is 0 Å². The van der Waals surface area contributed by atoms with Gasteiger partial charge in [0.1, 0.15) is 11.7 Å². The standard InChI is InChI=1S/C24H30FNO4/c1-6-26-13-16(22(28)29-7-2)21(27)15-11-19(17(25)12-18(15)26)30-20-10-14-8-9-24(20,5)23(14,3)4/h11-14,20H,6-10H2,1-5H3/t14-,20?,24+/m0/s1. The highest BCUT2D eigenvalue weighted by Crippen LogP contribution is 2.66. The van der Waals surface area contributed by atoms with E-state index in [4.69, 9.17) is 9.47 Å². The van der Waals surface area contributed by atoms with Gasteiger partial charge in [0.05, 0.1) is 17.5 Å². The number of esters is 1. The monoisotopic (exact) mass is 415 g/mol. The molecule has 1 heterocycles. The Hall–Kier alpha value is -2.37.